The second kappa shape index (κ2) is 5.88. The summed E-state index contributed by atoms with van der Waals surface area (Å²) in [7, 11) is 4.13. The minimum Gasteiger partial charge on any atom is -0.381 e. The first kappa shape index (κ1) is 12.2. The van der Waals surface area contributed by atoms with Crippen LogP contribution in [0.25, 0.3) is 0 Å². The lowest BCUT2D eigenvalue weighted by Gasteiger charge is -2.17. The average molecular weight is 229 g/mol. The molecule has 0 fully saturated rings. The van der Waals surface area contributed by atoms with Gasteiger partial charge in [0.05, 0.1) is 11.9 Å². The lowest BCUT2D eigenvalue weighted by molar-refractivity contribution is 0.390. The van der Waals surface area contributed by atoms with Crippen molar-refractivity contribution in [1.82, 2.24) is 15.1 Å². The third kappa shape index (κ3) is 4.95. The minimum absolute atomic E-state index is 0.396. The van der Waals surface area contributed by atoms with Crippen LogP contribution in [0.15, 0.2) is 12.3 Å². The zero-order chi connectivity index (χ0) is 11.3. The second-order valence-electron chi connectivity index (χ2n) is 3.90. The molecule has 0 saturated carbocycles. The molecule has 1 aromatic heterocycles. The maximum Gasteiger partial charge on any atom is 0.153 e. The summed E-state index contributed by atoms with van der Waals surface area (Å²) in [5, 5.41) is 11.2. The third-order valence-electron chi connectivity index (χ3n) is 2.05. The smallest absolute Gasteiger partial charge is 0.153 e. The predicted octanol–water partition coefficient (Wildman–Crippen LogP) is 1.88. The fourth-order valence-electron chi connectivity index (χ4n) is 1.23. The Bertz CT molecular complexity index is 303. The molecule has 1 atom stereocenters. The molecule has 1 rings (SSSR count). The fourth-order valence-corrected chi connectivity index (χ4v) is 1.39. The molecule has 1 unspecified atom stereocenters. The number of aromatic nitrogens is 2. The average Bonchev–Trinajstić information content (AvgIpc) is 2.15. The summed E-state index contributed by atoms with van der Waals surface area (Å²) < 4.78 is 0. The van der Waals surface area contributed by atoms with Crippen LogP contribution in [0, 0.1) is 0 Å². The SMILES string of the molecule is CC(CCN(C)C)Nc1cnnc(Cl)c1. The molecule has 0 radical (unpaired) electrons. The number of rotatable bonds is 5. The zero-order valence-electron chi connectivity index (χ0n) is 9.37. The van der Waals surface area contributed by atoms with Gasteiger partial charge in [-0.1, -0.05) is 11.6 Å². The Balaban J connectivity index is 2.40. The van der Waals surface area contributed by atoms with Crippen molar-refractivity contribution in [3.05, 3.63) is 17.4 Å². The highest BCUT2D eigenvalue weighted by Gasteiger charge is 2.03. The summed E-state index contributed by atoms with van der Waals surface area (Å²) in [6.45, 7) is 3.19. The van der Waals surface area contributed by atoms with Crippen LogP contribution in [0.5, 0.6) is 0 Å². The lowest BCUT2D eigenvalue weighted by atomic mass is 10.2. The molecular formula is C10H17ClN4. The van der Waals surface area contributed by atoms with Gasteiger partial charge in [-0.15, -0.1) is 5.10 Å². The maximum absolute atomic E-state index is 5.73. The van der Waals surface area contributed by atoms with E-state index in [1.165, 1.54) is 0 Å². The number of hydrogen-bond acceptors (Lipinski definition) is 4. The van der Waals surface area contributed by atoms with Crippen LogP contribution in [0.2, 0.25) is 5.15 Å². The van der Waals surface area contributed by atoms with Gasteiger partial charge in [-0.05, 0) is 34.0 Å². The summed E-state index contributed by atoms with van der Waals surface area (Å²) in [5.41, 5.74) is 0.918. The third-order valence-corrected chi connectivity index (χ3v) is 2.23. The molecule has 1 heterocycles. The highest BCUT2D eigenvalue weighted by Crippen LogP contribution is 2.12. The molecule has 84 valence electrons. The van der Waals surface area contributed by atoms with E-state index in [9.17, 15) is 0 Å². The number of nitrogens with one attached hydrogen (secondary N) is 1. The van der Waals surface area contributed by atoms with Gasteiger partial charge < -0.3 is 10.2 Å². The Morgan fingerprint density at radius 3 is 2.87 bits per heavy atom. The Labute approximate surface area is 95.6 Å². The van der Waals surface area contributed by atoms with Crippen molar-refractivity contribution in [1.29, 1.82) is 0 Å². The summed E-state index contributed by atoms with van der Waals surface area (Å²) in [6, 6.07) is 2.17. The molecule has 0 amide bonds. The topological polar surface area (TPSA) is 41.0 Å². The first-order valence-electron chi connectivity index (χ1n) is 4.97. The van der Waals surface area contributed by atoms with Crippen molar-refractivity contribution in [2.75, 3.05) is 26.0 Å². The van der Waals surface area contributed by atoms with Gasteiger partial charge in [0.15, 0.2) is 5.15 Å². The summed E-state index contributed by atoms with van der Waals surface area (Å²) in [6.07, 6.45) is 2.75. The van der Waals surface area contributed by atoms with Crippen molar-refractivity contribution in [2.45, 2.75) is 19.4 Å². The van der Waals surface area contributed by atoms with E-state index in [4.69, 9.17) is 11.6 Å². The van der Waals surface area contributed by atoms with E-state index in [1.54, 1.807) is 12.3 Å². The molecule has 15 heavy (non-hydrogen) atoms. The molecule has 0 aliphatic rings. The van der Waals surface area contributed by atoms with Crippen LogP contribution in [0.3, 0.4) is 0 Å². The van der Waals surface area contributed by atoms with Gasteiger partial charge in [0.2, 0.25) is 0 Å². The largest absolute Gasteiger partial charge is 0.381 e. The van der Waals surface area contributed by atoms with Crippen LogP contribution < -0.4 is 5.32 Å². The molecule has 1 aromatic rings. The molecule has 4 nitrogen and oxygen atoms in total. The van der Waals surface area contributed by atoms with Crippen molar-refractivity contribution in [3.63, 3.8) is 0 Å². The first-order chi connectivity index (χ1) is 7.08. The van der Waals surface area contributed by atoms with E-state index < -0.39 is 0 Å². The predicted molar refractivity (Wildman–Crippen MR) is 63.3 cm³/mol. The van der Waals surface area contributed by atoms with E-state index in [1.807, 2.05) is 0 Å². The van der Waals surface area contributed by atoms with Gasteiger partial charge in [0, 0.05) is 12.1 Å². The molecule has 0 bridgehead atoms. The van der Waals surface area contributed by atoms with Crippen molar-refractivity contribution in [2.24, 2.45) is 0 Å². The molecule has 0 spiro atoms. The van der Waals surface area contributed by atoms with E-state index in [0.29, 0.717) is 11.2 Å². The van der Waals surface area contributed by atoms with Gasteiger partial charge in [-0.2, -0.15) is 5.10 Å². The van der Waals surface area contributed by atoms with E-state index in [-0.39, 0.29) is 0 Å². The number of anilines is 1. The zero-order valence-corrected chi connectivity index (χ0v) is 10.1. The molecule has 0 saturated heterocycles. The quantitative estimate of drug-likeness (QED) is 0.836. The number of nitrogens with zero attached hydrogens (tertiary/aromatic N) is 3. The Hall–Kier alpha value is -0.870. The van der Waals surface area contributed by atoms with Crippen molar-refractivity contribution < 1.29 is 0 Å². The van der Waals surface area contributed by atoms with Gasteiger partial charge in [-0.25, -0.2) is 0 Å². The van der Waals surface area contributed by atoms with Crippen LogP contribution in [-0.2, 0) is 0 Å². The maximum atomic E-state index is 5.73. The number of hydrogen-bond donors (Lipinski definition) is 1. The lowest BCUT2D eigenvalue weighted by Crippen LogP contribution is -2.23. The molecule has 1 N–H and O–H groups in total. The van der Waals surface area contributed by atoms with Crippen LogP contribution >= 0.6 is 11.6 Å². The van der Waals surface area contributed by atoms with Crippen molar-refractivity contribution in [3.8, 4) is 0 Å². The summed E-state index contributed by atoms with van der Waals surface area (Å²) in [5.74, 6) is 0. The number of halogens is 1. The standard InChI is InChI=1S/C10H17ClN4/c1-8(4-5-15(2)3)13-9-6-10(11)14-12-7-9/h6-8H,4-5H2,1-3H3,(H,13,14). The normalized spacial score (nSPS) is 12.9. The van der Waals surface area contributed by atoms with E-state index in [2.05, 4.69) is 41.4 Å². The van der Waals surface area contributed by atoms with E-state index >= 15 is 0 Å². The Morgan fingerprint density at radius 1 is 1.53 bits per heavy atom. The second-order valence-corrected chi connectivity index (χ2v) is 4.29. The molecule has 5 heteroatoms. The monoisotopic (exact) mass is 228 g/mol. The first-order valence-corrected chi connectivity index (χ1v) is 5.35. The van der Waals surface area contributed by atoms with Crippen LogP contribution in [0.4, 0.5) is 5.69 Å². The minimum atomic E-state index is 0.396. The van der Waals surface area contributed by atoms with Gasteiger partial charge in [0.1, 0.15) is 0 Å². The Morgan fingerprint density at radius 2 is 2.27 bits per heavy atom. The molecule has 0 aliphatic carbocycles. The van der Waals surface area contributed by atoms with E-state index in [0.717, 1.165) is 18.7 Å². The summed E-state index contributed by atoms with van der Waals surface area (Å²) in [4.78, 5) is 2.16. The summed E-state index contributed by atoms with van der Waals surface area (Å²) >= 11 is 5.73. The van der Waals surface area contributed by atoms with Gasteiger partial charge in [0.25, 0.3) is 0 Å². The highest BCUT2D eigenvalue weighted by atomic mass is 35.5. The van der Waals surface area contributed by atoms with Crippen LogP contribution in [0.1, 0.15) is 13.3 Å². The fraction of sp³-hybridized carbons (Fsp3) is 0.600. The molecule has 0 aliphatic heterocycles. The van der Waals surface area contributed by atoms with Gasteiger partial charge in [-0.3, -0.25) is 0 Å². The van der Waals surface area contributed by atoms with Gasteiger partial charge >= 0.3 is 0 Å². The molecule has 0 aromatic carbocycles. The van der Waals surface area contributed by atoms with Crippen LogP contribution in [-0.4, -0.2) is 41.8 Å². The highest BCUT2D eigenvalue weighted by molar-refractivity contribution is 6.29. The van der Waals surface area contributed by atoms with Crippen molar-refractivity contribution >= 4 is 17.3 Å². The molecular weight excluding hydrogens is 212 g/mol. The Kier molecular flexibility index (Phi) is 4.78.